The molecule has 0 aromatic carbocycles. The Labute approximate surface area is 95.6 Å². The van der Waals surface area contributed by atoms with Crippen molar-refractivity contribution < 1.29 is 10.0 Å². The molecule has 1 aromatic rings. The maximum absolute atomic E-state index is 10.5. The van der Waals surface area contributed by atoms with E-state index in [9.17, 15) is 10.1 Å². The van der Waals surface area contributed by atoms with Gasteiger partial charge in [0.25, 0.3) is 5.69 Å². The predicted molar refractivity (Wildman–Crippen MR) is 58.3 cm³/mol. The van der Waals surface area contributed by atoms with Gasteiger partial charge in [0.15, 0.2) is 0 Å². The van der Waals surface area contributed by atoms with Gasteiger partial charge in [0.05, 0.1) is 17.6 Å². The third-order valence-electron chi connectivity index (χ3n) is 1.55. The fourth-order valence-corrected chi connectivity index (χ4v) is 1.95. The van der Waals surface area contributed by atoms with E-state index < -0.39 is 4.92 Å². The van der Waals surface area contributed by atoms with Gasteiger partial charge in [0.2, 0.25) is 0 Å². The van der Waals surface area contributed by atoms with Crippen LogP contribution in [0.3, 0.4) is 0 Å². The van der Waals surface area contributed by atoms with Crippen LogP contribution in [0.1, 0.15) is 6.92 Å². The first-order valence-electron chi connectivity index (χ1n) is 4.12. The molecule has 0 aliphatic carbocycles. The highest BCUT2D eigenvalue weighted by atomic mass is 35.5. The van der Waals surface area contributed by atoms with Crippen molar-refractivity contribution in [2.75, 3.05) is 6.61 Å². The summed E-state index contributed by atoms with van der Waals surface area (Å²) >= 11 is 6.87. The third-order valence-corrected chi connectivity index (χ3v) is 2.74. The molecule has 0 fully saturated rings. The molecule has 0 radical (unpaired) electrons. The van der Waals surface area contributed by atoms with E-state index in [1.165, 1.54) is 23.9 Å². The summed E-state index contributed by atoms with van der Waals surface area (Å²) in [4.78, 5) is 13.9. The van der Waals surface area contributed by atoms with Gasteiger partial charge in [-0.05, 0) is 0 Å². The van der Waals surface area contributed by atoms with Gasteiger partial charge in [0.1, 0.15) is 10.2 Å². The van der Waals surface area contributed by atoms with Crippen LogP contribution in [0.25, 0.3) is 0 Å². The van der Waals surface area contributed by atoms with Crippen LogP contribution in [0.4, 0.5) is 5.69 Å². The largest absolute Gasteiger partial charge is 0.395 e. The molecule has 15 heavy (non-hydrogen) atoms. The van der Waals surface area contributed by atoms with Gasteiger partial charge < -0.3 is 5.11 Å². The summed E-state index contributed by atoms with van der Waals surface area (Å²) in [5.41, 5.74) is -0.0948. The van der Waals surface area contributed by atoms with Crippen LogP contribution >= 0.6 is 23.4 Å². The van der Waals surface area contributed by atoms with Gasteiger partial charge >= 0.3 is 0 Å². The summed E-state index contributed by atoms with van der Waals surface area (Å²) in [6.07, 6.45) is 0. The number of rotatable bonds is 4. The first kappa shape index (κ1) is 12.2. The molecule has 7 heteroatoms. The first-order valence-corrected chi connectivity index (χ1v) is 5.38. The zero-order valence-electron chi connectivity index (χ0n) is 7.88. The molecule has 0 saturated carbocycles. The summed E-state index contributed by atoms with van der Waals surface area (Å²) in [5.74, 6) is 0. The standard InChI is InChI=1S/C8H9ClN2O3S/c1-5(4-12)15-8-3-6(11(13)14)2-7(9)10-8/h2-3,5,12H,4H2,1H3. The van der Waals surface area contributed by atoms with Gasteiger partial charge in [0, 0.05) is 11.3 Å². The zero-order chi connectivity index (χ0) is 11.4. The molecule has 0 bridgehead atoms. The quantitative estimate of drug-likeness (QED) is 0.382. The van der Waals surface area contributed by atoms with E-state index in [1.807, 2.05) is 0 Å². The average molecular weight is 249 g/mol. The van der Waals surface area contributed by atoms with E-state index in [0.717, 1.165) is 0 Å². The first-order chi connectivity index (χ1) is 7.02. The molecule has 0 spiro atoms. The number of hydrogen-bond donors (Lipinski definition) is 1. The number of nitro groups is 1. The Bertz CT molecular complexity index is 375. The van der Waals surface area contributed by atoms with Crippen molar-refractivity contribution in [2.45, 2.75) is 17.2 Å². The van der Waals surface area contributed by atoms with E-state index in [4.69, 9.17) is 16.7 Å². The van der Waals surface area contributed by atoms with Crippen LogP contribution in [0.2, 0.25) is 5.15 Å². The second-order valence-electron chi connectivity index (χ2n) is 2.85. The number of halogens is 1. The predicted octanol–water partition coefficient (Wildman–Crippen LogP) is 2.12. The molecule has 1 heterocycles. The lowest BCUT2D eigenvalue weighted by atomic mass is 10.4. The SMILES string of the molecule is CC(CO)Sc1cc([N+](=O)[O-])cc(Cl)n1. The number of pyridine rings is 1. The number of thioether (sulfide) groups is 1. The Morgan fingerprint density at radius 1 is 1.73 bits per heavy atom. The molecule has 1 aromatic heterocycles. The van der Waals surface area contributed by atoms with Gasteiger partial charge in [-0.1, -0.05) is 18.5 Å². The topological polar surface area (TPSA) is 76.3 Å². The number of aliphatic hydroxyl groups is 1. The van der Waals surface area contributed by atoms with Gasteiger partial charge in [-0.25, -0.2) is 4.98 Å². The number of nitrogens with zero attached hydrogens (tertiary/aromatic N) is 2. The molecule has 1 atom stereocenters. The van der Waals surface area contributed by atoms with Crippen LogP contribution in [-0.2, 0) is 0 Å². The second kappa shape index (κ2) is 5.29. The van der Waals surface area contributed by atoms with Crippen LogP contribution in [-0.4, -0.2) is 26.9 Å². The van der Waals surface area contributed by atoms with Crippen molar-refractivity contribution in [2.24, 2.45) is 0 Å². The van der Waals surface area contributed by atoms with Crippen molar-refractivity contribution in [3.63, 3.8) is 0 Å². The Balaban J connectivity index is 2.93. The van der Waals surface area contributed by atoms with E-state index in [1.54, 1.807) is 6.92 Å². The minimum absolute atomic E-state index is 0.0212. The van der Waals surface area contributed by atoms with Crippen LogP contribution in [0.5, 0.6) is 0 Å². The maximum Gasteiger partial charge on any atom is 0.275 e. The van der Waals surface area contributed by atoms with Crippen molar-refractivity contribution >= 4 is 29.1 Å². The molecule has 1 N–H and O–H groups in total. The van der Waals surface area contributed by atoms with Crippen LogP contribution < -0.4 is 0 Å². The summed E-state index contributed by atoms with van der Waals surface area (Å²) in [6, 6.07) is 2.53. The van der Waals surface area contributed by atoms with E-state index in [0.29, 0.717) is 5.03 Å². The third kappa shape index (κ3) is 3.65. The minimum Gasteiger partial charge on any atom is -0.395 e. The second-order valence-corrected chi connectivity index (χ2v) is 4.70. The Morgan fingerprint density at radius 2 is 2.40 bits per heavy atom. The van der Waals surface area contributed by atoms with Gasteiger partial charge in [-0.2, -0.15) is 0 Å². The molecule has 82 valence electrons. The monoisotopic (exact) mass is 248 g/mol. The molecule has 0 aliphatic rings. The van der Waals surface area contributed by atoms with Crippen molar-refractivity contribution in [1.29, 1.82) is 0 Å². The highest BCUT2D eigenvalue weighted by molar-refractivity contribution is 7.99. The fourth-order valence-electron chi connectivity index (χ4n) is 0.869. The normalized spacial score (nSPS) is 12.5. The molecular weight excluding hydrogens is 240 g/mol. The lowest BCUT2D eigenvalue weighted by Gasteiger charge is -2.06. The van der Waals surface area contributed by atoms with Crippen LogP contribution in [0.15, 0.2) is 17.2 Å². The van der Waals surface area contributed by atoms with Crippen molar-refractivity contribution in [1.82, 2.24) is 4.98 Å². The average Bonchev–Trinajstić information content (AvgIpc) is 2.16. The molecular formula is C8H9ClN2O3S. The highest BCUT2D eigenvalue weighted by Gasteiger charge is 2.12. The summed E-state index contributed by atoms with van der Waals surface area (Å²) in [7, 11) is 0. The summed E-state index contributed by atoms with van der Waals surface area (Å²) < 4.78 is 0. The van der Waals surface area contributed by atoms with Crippen LogP contribution in [0, 0.1) is 10.1 Å². The smallest absolute Gasteiger partial charge is 0.275 e. The molecule has 0 saturated heterocycles. The highest BCUT2D eigenvalue weighted by Crippen LogP contribution is 2.26. The zero-order valence-corrected chi connectivity index (χ0v) is 9.46. The molecule has 0 aliphatic heterocycles. The summed E-state index contributed by atoms with van der Waals surface area (Å²) in [5, 5.41) is 19.8. The van der Waals surface area contributed by atoms with E-state index in [2.05, 4.69) is 4.98 Å². The Kier molecular flexibility index (Phi) is 4.31. The number of aromatic nitrogens is 1. The molecule has 5 nitrogen and oxygen atoms in total. The fraction of sp³-hybridized carbons (Fsp3) is 0.375. The lowest BCUT2D eigenvalue weighted by molar-refractivity contribution is -0.385. The number of aliphatic hydroxyl groups excluding tert-OH is 1. The van der Waals surface area contributed by atoms with Crippen molar-refractivity contribution in [3.8, 4) is 0 Å². The summed E-state index contributed by atoms with van der Waals surface area (Å²) in [6.45, 7) is 1.77. The van der Waals surface area contributed by atoms with Crippen molar-refractivity contribution in [3.05, 3.63) is 27.4 Å². The Morgan fingerprint density at radius 3 is 2.93 bits per heavy atom. The Hall–Kier alpha value is -0.850. The lowest BCUT2D eigenvalue weighted by Crippen LogP contribution is -2.02. The van der Waals surface area contributed by atoms with Gasteiger partial charge in [-0.15, -0.1) is 11.8 Å². The molecule has 1 rings (SSSR count). The van der Waals surface area contributed by atoms with E-state index in [-0.39, 0.29) is 22.7 Å². The number of hydrogen-bond acceptors (Lipinski definition) is 5. The minimum atomic E-state index is -0.527. The molecule has 0 amide bonds. The molecule has 1 unspecified atom stereocenters. The van der Waals surface area contributed by atoms with E-state index >= 15 is 0 Å². The maximum atomic E-state index is 10.5. The van der Waals surface area contributed by atoms with Gasteiger partial charge in [-0.3, -0.25) is 10.1 Å².